The number of hydrogen-bond donors (Lipinski definition) is 0. The van der Waals surface area contributed by atoms with Crippen molar-refractivity contribution in [1.82, 2.24) is 0 Å². The van der Waals surface area contributed by atoms with Crippen LogP contribution in [0.3, 0.4) is 0 Å². The lowest BCUT2D eigenvalue weighted by Gasteiger charge is -2.28. The van der Waals surface area contributed by atoms with Crippen molar-refractivity contribution in [1.29, 1.82) is 0 Å². The first-order valence-corrected chi connectivity index (χ1v) is 19.0. The minimum absolute atomic E-state index is 0.218. The van der Waals surface area contributed by atoms with Gasteiger partial charge in [0.25, 0.3) is 0 Å². The van der Waals surface area contributed by atoms with E-state index in [0.717, 1.165) is 19.3 Å². The van der Waals surface area contributed by atoms with E-state index in [9.17, 15) is 0 Å². The molecule has 0 aromatic heterocycles. The van der Waals surface area contributed by atoms with E-state index in [2.05, 4.69) is 161 Å². The van der Waals surface area contributed by atoms with Gasteiger partial charge < -0.3 is 9.80 Å². The smallest absolute Gasteiger partial charge is 0.0464 e. The van der Waals surface area contributed by atoms with Crippen LogP contribution in [0.15, 0.2) is 109 Å². The van der Waals surface area contributed by atoms with Crippen LogP contribution in [-0.4, -0.2) is 0 Å². The van der Waals surface area contributed by atoms with E-state index in [1.165, 1.54) is 106 Å². The van der Waals surface area contributed by atoms with Crippen molar-refractivity contribution >= 4 is 34.1 Å². The van der Waals surface area contributed by atoms with E-state index in [4.69, 9.17) is 0 Å². The number of anilines is 6. The van der Waals surface area contributed by atoms with Crippen LogP contribution in [0.1, 0.15) is 120 Å². The molecule has 5 aromatic rings. The van der Waals surface area contributed by atoms with Crippen LogP contribution in [0, 0.1) is 0 Å². The van der Waals surface area contributed by atoms with Crippen molar-refractivity contribution < 1.29 is 0 Å². The largest absolute Gasteiger partial charge is 0.310 e. The molecule has 0 heterocycles. The zero-order chi connectivity index (χ0) is 34.2. The molecule has 2 atom stereocenters. The second kappa shape index (κ2) is 13.5. The summed E-state index contributed by atoms with van der Waals surface area (Å²) in [5.41, 5.74) is 16.5. The van der Waals surface area contributed by atoms with Crippen LogP contribution in [0.2, 0.25) is 0 Å². The molecular formula is C47H54N2. The third kappa shape index (κ3) is 6.20. The summed E-state index contributed by atoms with van der Waals surface area (Å²) in [6, 6.07) is 42.0. The Bertz CT molecular complexity index is 1900. The van der Waals surface area contributed by atoms with Gasteiger partial charge >= 0.3 is 0 Å². The third-order valence-corrected chi connectivity index (χ3v) is 11.6. The summed E-state index contributed by atoms with van der Waals surface area (Å²) in [4.78, 5) is 4.88. The molecule has 7 rings (SSSR count). The molecule has 0 N–H and O–H groups in total. The average Bonchev–Trinajstić information content (AvgIpc) is 3.95. The van der Waals surface area contributed by atoms with Crippen LogP contribution in [0.25, 0.3) is 0 Å². The molecule has 0 saturated heterocycles. The molecule has 2 aliphatic rings. The fraction of sp³-hybridized carbons (Fsp3) is 0.362. The van der Waals surface area contributed by atoms with Gasteiger partial charge in [-0.3, -0.25) is 0 Å². The summed E-state index contributed by atoms with van der Waals surface area (Å²) in [5.74, 6) is 0. The van der Waals surface area contributed by atoms with Crippen molar-refractivity contribution in [3.63, 3.8) is 0 Å². The highest BCUT2D eigenvalue weighted by Gasteiger charge is 2.45. The highest BCUT2D eigenvalue weighted by molar-refractivity contribution is 5.83. The van der Waals surface area contributed by atoms with E-state index in [1.807, 2.05) is 0 Å². The molecule has 2 unspecified atom stereocenters. The Morgan fingerprint density at radius 2 is 0.776 bits per heavy atom. The maximum Gasteiger partial charge on any atom is 0.0464 e. The highest BCUT2D eigenvalue weighted by atomic mass is 15.2. The maximum atomic E-state index is 2.44. The standard InChI is InChI=1S/C47H54N2/c1-7-11-13-34-15-19-36(20-16-34)48(40-27-29-42-44(32-40)46(42,5)10-4)38-23-25-39(26-24-38)49(37-21-17-35(18-22-37)14-12-8-2)41-28-30-43-45(33-41)47(43,6)31-9-3/h15-30,32-33H,7-14,31H2,1-6H3. The van der Waals surface area contributed by atoms with Gasteiger partial charge in [0, 0.05) is 45.0 Å². The van der Waals surface area contributed by atoms with E-state index in [-0.39, 0.29) is 10.8 Å². The Balaban J connectivity index is 1.26. The molecule has 2 aliphatic carbocycles. The first kappa shape index (κ1) is 33.2. The number of hydrogen-bond acceptors (Lipinski definition) is 2. The molecule has 0 amide bonds. The van der Waals surface area contributed by atoms with Crippen molar-refractivity contribution in [3.05, 3.63) is 143 Å². The second-order valence-electron chi connectivity index (χ2n) is 15.0. The zero-order valence-corrected chi connectivity index (χ0v) is 30.7. The van der Waals surface area contributed by atoms with Crippen molar-refractivity contribution in [2.45, 2.75) is 110 Å². The van der Waals surface area contributed by atoms with E-state index in [0.29, 0.717) is 0 Å². The molecule has 0 spiro atoms. The Kier molecular flexibility index (Phi) is 9.18. The molecule has 0 aliphatic heterocycles. The van der Waals surface area contributed by atoms with Gasteiger partial charge in [0.1, 0.15) is 0 Å². The Labute approximate surface area is 295 Å². The number of unbranched alkanes of at least 4 members (excludes halogenated alkanes) is 2. The van der Waals surface area contributed by atoms with Crippen LogP contribution in [0.5, 0.6) is 0 Å². The topological polar surface area (TPSA) is 6.48 Å². The molecule has 252 valence electrons. The lowest BCUT2D eigenvalue weighted by molar-refractivity contribution is 0.610. The van der Waals surface area contributed by atoms with Gasteiger partial charge in [-0.25, -0.2) is 0 Å². The molecular weight excluding hydrogens is 593 g/mol. The lowest BCUT2D eigenvalue weighted by Crippen LogP contribution is -2.12. The van der Waals surface area contributed by atoms with Crippen molar-refractivity contribution in [3.8, 4) is 0 Å². The third-order valence-electron chi connectivity index (χ3n) is 11.6. The summed E-state index contributed by atoms with van der Waals surface area (Å²) in [5, 5.41) is 0. The highest BCUT2D eigenvalue weighted by Crippen LogP contribution is 2.56. The zero-order valence-electron chi connectivity index (χ0n) is 30.7. The molecule has 0 fully saturated rings. The number of rotatable bonds is 15. The van der Waals surface area contributed by atoms with Crippen LogP contribution >= 0.6 is 0 Å². The fourth-order valence-electron chi connectivity index (χ4n) is 8.14. The monoisotopic (exact) mass is 646 g/mol. The Hall–Kier alpha value is -4.30. The number of nitrogens with zero attached hydrogens (tertiary/aromatic N) is 2. The van der Waals surface area contributed by atoms with E-state index < -0.39 is 0 Å². The summed E-state index contributed by atoms with van der Waals surface area (Å²) >= 11 is 0. The number of fused-ring (bicyclic) bond motifs is 2. The summed E-state index contributed by atoms with van der Waals surface area (Å²) < 4.78 is 0. The molecule has 49 heavy (non-hydrogen) atoms. The Morgan fingerprint density at radius 1 is 0.408 bits per heavy atom. The minimum atomic E-state index is 0.218. The summed E-state index contributed by atoms with van der Waals surface area (Å²) in [6.07, 6.45) is 10.7. The normalized spacial score (nSPS) is 18.5. The summed E-state index contributed by atoms with van der Waals surface area (Å²) in [7, 11) is 0. The van der Waals surface area contributed by atoms with Crippen molar-refractivity contribution in [2.24, 2.45) is 0 Å². The van der Waals surface area contributed by atoms with E-state index in [1.54, 1.807) is 0 Å². The minimum Gasteiger partial charge on any atom is -0.310 e. The van der Waals surface area contributed by atoms with Gasteiger partial charge in [-0.05, 0) is 145 Å². The van der Waals surface area contributed by atoms with E-state index >= 15 is 0 Å². The van der Waals surface area contributed by atoms with Crippen LogP contribution in [-0.2, 0) is 23.7 Å². The molecule has 0 saturated carbocycles. The number of benzene rings is 5. The molecule has 0 bridgehead atoms. The molecule has 2 nitrogen and oxygen atoms in total. The molecule has 5 aromatic carbocycles. The average molecular weight is 647 g/mol. The molecule has 2 heteroatoms. The SMILES string of the molecule is CCCCc1ccc(N(c2ccc(N(c3ccc(CCCC)cc3)c3ccc4c(c3)C4(C)CCC)cc2)c2ccc3c(c2)C3(C)CC)cc1. The lowest BCUT2D eigenvalue weighted by atomic mass is 9.98. The van der Waals surface area contributed by atoms with Gasteiger partial charge in [-0.15, -0.1) is 0 Å². The van der Waals surface area contributed by atoms with Crippen molar-refractivity contribution in [2.75, 3.05) is 9.80 Å². The first-order chi connectivity index (χ1) is 23.8. The molecule has 0 radical (unpaired) electrons. The Morgan fingerprint density at radius 3 is 1.16 bits per heavy atom. The fourth-order valence-corrected chi connectivity index (χ4v) is 8.14. The quantitative estimate of drug-likeness (QED) is 0.112. The maximum absolute atomic E-state index is 2.44. The van der Waals surface area contributed by atoms with Gasteiger partial charge in [0.15, 0.2) is 0 Å². The van der Waals surface area contributed by atoms with Gasteiger partial charge in [-0.2, -0.15) is 0 Å². The van der Waals surface area contributed by atoms with Gasteiger partial charge in [0.05, 0.1) is 0 Å². The van der Waals surface area contributed by atoms with Gasteiger partial charge in [-0.1, -0.05) is 97.2 Å². The van der Waals surface area contributed by atoms with Crippen LogP contribution in [0.4, 0.5) is 34.1 Å². The summed E-state index contributed by atoms with van der Waals surface area (Å²) in [6.45, 7) is 13.9. The first-order valence-electron chi connectivity index (χ1n) is 19.0. The van der Waals surface area contributed by atoms with Crippen LogP contribution < -0.4 is 9.80 Å². The predicted octanol–water partition coefficient (Wildman–Crippen LogP) is 13.8. The predicted molar refractivity (Wildman–Crippen MR) is 211 cm³/mol. The van der Waals surface area contributed by atoms with Gasteiger partial charge in [0.2, 0.25) is 0 Å². The number of aryl methyl sites for hydroxylation is 2. The second-order valence-corrected chi connectivity index (χ2v) is 15.0.